The lowest BCUT2D eigenvalue weighted by Crippen LogP contribution is -2.33. The van der Waals surface area contributed by atoms with Gasteiger partial charge in [-0.1, -0.05) is 13.8 Å². The summed E-state index contributed by atoms with van der Waals surface area (Å²) in [5.74, 6) is -2.16. The third-order valence-electron chi connectivity index (χ3n) is 2.04. The van der Waals surface area contributed by atoms with Gasteiger partial charge in [0.25, 0.3) is 0 Å². The zero-order chi connectivity index (χ0) is 11.1. The van der Waals surface area contributed by atoms with Crippen LogP contribution in [-0.4, -0.2) is 46.7 Å². The molecular weight excluding hydrogens is 186 g/mol. The summed E-state index contributed by atoms with van der Waals surface area (Å²) >= 11 is 0. The normalized spacial score (nSPS) is 12.8. The minimum atomic E-state index is -0.855. The SMILES string of the molecule is CCN(CCC(=O)O)CC(C)C(=O)O. The largest absolute Gasteiger partial charge is 0.481 e. The highest BCUT2D eigenvalue weighted by Crippen LogP contribution is 2.01. The Balaban J connectivity index is 3.90. The Morgan fingerprint density at radius 3 is 2.29 bits per heavy atom. The van der Waals surface area contributed by atoms with Gasteiger partial charge in [-0.15, -0.1) is 0 Å². The van der Waals surface area contributed by atoms with Crippen LogP contribution < -0.4 is 0 Å². The molecular formula is C9H17NO4. The minimum Gasteiger partial charge on any atom is -0.481 e. The van der Waals surface area contributed by atoms with E-state index < -0.39 is 17.9 Å². The maximum Gasteiger partial charge on any atom is 0.307 e. The maximum atomic E-state index is 10.5. The molecule has 82 valence electrons. The summed E-state index contributed by atoms with van der Waals surface area (Å²) in [6, 6.07) is 0. The first-order valence-electron chi connectivity index (χ1n) is 4.64. The number of hydrogen-bond acceptors (Lipinski definition) is 3. The summed E-state index contributed by atoms with van der Waals surface area (Å²) < 4.78 is 0. The van der Waals surface area contributed by atoms with Crippen LogP contribution in [0.3, 0.4) is 0 Å². The molecule has 0 aromatic rings. The molecule has 0 bridgehead atoms. The zero-order valence-electron chi connectivity index (χ0n) is 8.56. The summed E-state index contributed by atoms with van der Waals surface area (Å²) in [4.78, 5) is 22.7. The number of carboxylic acid groups (broad SMARTS) is 2. The molecule has 5 nitrogen and oxygen atoms in total. The number of carbonyl (C=O) groups is 2. The van der Waals surface area contributed by atoms with E-state index in [0.29, 0.717) is 19.6 Å². The van der Waals surface area contributed by atoms with E-state index in [0.717, 1.165) is 0 Å². The predicted octanol–water partition coefficient (Wildman–Crippen LogP) is 0.504. The smallest absolute Gasteiger partial charge is 0.307 e. The van der Waals surface area contributed by atoms with Gasteiger partial charge in [0.15, 0.2) is 0 Å². The second-order valence-electron chi connectivity index (χ2n) is 3.28. The molecule has 0 aliphatic rings. The van der Waals surface area contributed by atoms with Crippen molar-refractivity contribution >= 4 is 11.9 Å². The van der Waals surface area contributed by atoms with Crippen LogP contribution in [0.15, 0.2) is 0 Å². The van der Waals surface area contributed by atoms with Crippen molar-refractivity contribution in [2.24, 2.45) is 5.92 Å². The molecule has 0 saturated carbocycles. The molecule has 0 aromatic heterocycles. The lowest BCUT2D eigenvalue weighted by molar-refractivity contribution is -0.141. The molecule has 0 fully saturated rings. The quantitative estimate of drug-likeness (QED) is 0.630. The van der Waals surface area contributed by atoms with E-state index in [4.69, 9.17) is 10.2 Å². The van der Waals surface area contributed by atoms with Crippen LogP contribution in [-0.2, 0) is 9.59 Å². The molecule has 0 saturated heterocycles. The Kier molecular flexibility index (Phi) is 5.87. The first kappa shape index (κ1) is 12.9. The van der Waals surface area contributed by atoms with Gasteiger partial charge in [0.1, 0.15) is 0 Å². The van der Waals surface area contributed by atoms with Gasteiger partial charge in [-0.05, 0) is 6.54 Å². The topological polar surface area (TPSA) is 77.8 Å². The van der Waals surface area contributed by atoms with Gasteiger partial charge < -0.3 is 15.1 Å². The van der Waals surface area contributed by atoms with Crippen molar-refractivity contribution in [1.82, 2.24) is 4.90 Å². The molecule has 0 radical (unpaired) electrons. The Labute approximate surface area is 83.3 Å². The summed E-state index contributed by atoms with van der Waals surface area (Å²) in [5, 5.41) is 17.1. The van der Waals surface area contributed by atoms with Gasteiger partial charge in [0.2, 0.25) is 0 Å². The zero-order valence-corrected chi connectivity index (χ0v) is 8.56. The van der Waals surface area contributed by atoms with Crippen molar-refractivity contribution in [1.29, 1.82) is 0 Å². The Morgan fingerprint density at radius 2 is 1.93 bits per heavy atom. The number of nitrogens with zero attached hydrogens (tertiary/aromatic N) is 1. The number of rotatable bonds is 7. The highest BCUT2D eigenvalue weighted by atomic mass is 16.4. The first-order chi connectivity index (χ1) is 6.47. The highest BCUT2D eigenvalue weighted by Gasteiger charge is 2.15. The van der Waals surface area contributed by atoms with E-state index >= 15 is 0 Å². The van der Waals surface area contributed by atoms with Crippen molar-refractivity contribution in [2.45, 2.75) is 20.3 Å². The third kappa shape index (κ3) is 5.53. The van der Waals surface area contributed by atoms with E-state index in [9.17, 15) is 9.59 Å². The summed E-state index contributed by atoms with van der Waals surface area (Å²) in [5.41, 5.74) is 0. The van der Waals surface area contributed by atoms with Gasteiger partial charge in [-0.2, -0.15) is 0 Å². The summed E-state index contributed by atoms with van der Waals surface area (Å²) in [6.45, 7) is 4.98. The summed E-state index contributed by atoms with van der Waals surface area (Å²) in [6.07, 6.45) is 0.0557. The average molecular weight is 203 g/mol. The van der Waals surface area contributed by atoms with Crippen molar-refractivity contribution in [3.63, 3.8) is 0 Å². The molecule has 0 rings (SSSR count). The molecule has 0 spiro atoms. The molecule has 0 amide bonds. The van der Waals surface area contributed by atoms with Crippen LogP contribution >= 0.6 is 0 Å². The molecule has 14 heavy (non-hydrogen) atoms. The lowest BCUT2D eigenvalue weighted by atomic mass is 10.1. The van der Waals surface area contributed by atoms with E-state index in [1.54, 1.807) is 6.92 Å². The van der Waals surface area contributed by atoms with Gasteiger partial charge in [-0.25, -0.2) is 0 Å². The fourth-order valence-electron chi connectivity index (χ4n) is 1.10. The molecule has 2 N–H and O–H groups in total. The lowest BCUT2D eigenvalue weighted by Gasteiger charge is -2.21. The predicted molar refractivity (Wildman–Crippen MR) is 51.2 cm³/mol. The fourth-order valence-corrected chi connectivity index (χ4v) is 1.10. The Bertz CT molecular complexity index is 205. The van der Waals surface area contributed by atoms with Crippen LogP contribution in [0, 0.1) is 5.92 Å². The Morgan fingerprint density at radius 1 is 1.36 bits per heavy atom. The Hall–Kier alpha value is -1.10. The van der Waals surface area contributed by atoms with Crippen molar-refractivity contribution in [3.05, 3.63) is 0 Å². The monoisotopic (exact) mass is 203 g/mol. The number of aliphatic carboxylic acids is 2. The van der Waals surface area contributed by atoms with Crippen LogP contribution in [0.1, 0.15) is 20.3 Å². The molecule has 0 heterocycles. The minimum absolute atomic E-state index is 0.0557. The van der Waals surface area contributed by atoms with E-state index in [1.165, 1.54) is 0 Å². The molecule has 0 aliphatic heterocycles. The van der Waals surface area contributed by atoms with Crippen molar-refractivity contribution < 1.29 is 19.8 Å². The van der Waals surface area contributed by atoms with Gasteiger partial charge in [-0.3, -0.25) is 9.59 Å². The van der Waals surface area contributed by atoms with Crippen LogP contribution in [0.5, 0.6) is 0 Å². The highest BCUT2D eigenvalue weighted by molar-refractivity contribution is 5.69. The van der Waals surface area contributed by atoms with Crippen LogP contribution in [0.2, 0.25) is 0 Å². The van der Waals surface area contributed by atoms with Gasteiger partial charge in [0.05, 0.1) is 12.3 Å². The van der Waals surface area contributed by atoms with Gasteiger partial charge >= 0.3 is 11.9 Å². The van der Waals surface area contributed by atoms with Crippen LogP contribution in [0.4, 0.5) is 0 Å². The fraction of sp³-hybridized carbons (Fsp3) is 0.778. The first-order valence-corrected chi connectivity index (χ1v) is 4.64. The van der Waals surface area contributed by atoms with Crippen LogP contribution in [0.25, 0.3) is 0 Å². The van der Waals surface area contributed by atoms with E-state index in [-0.39, 0.29) is 6.42 Å². The standard InChI is InChI=1S/C9H17NO4/c1-3-10(5-4-8(11)12)6-7(2)9(13)14/h7H,3-6H2,1-2H3,(H,11,12)(H,13,14). The number of carboxylic acids is 2. The average Bonchev–Trinajstić information content (AvgIpc) is 2.11. The molecule has 1 unspecified atom stereocenters. The van der Waals surface area contributed by atoms with Gasteiger partial charge in [0, 0.05) is 13.1 Å². The van der Waals surface area contributed by atoms with E-state index in [2.05, 4.69) is 0 Å². The molecule has 0 aromatic carbocycles. The van der Waals surface area contributed by atoms with Crippen molar-refractivity contribution in [2.75, 3.05) is 19.6 Å². The summed E-state index contributed by atoms with van der Waals surface area (Å²) in [7, 11) is 0. The molecule has 1 atom stereocenters. The van der Waals surface area contributed by atoms with E-state index in [1.807, 2.05) is 11.8 Å². The second-order valence-corrected chi connectivity index (χ2v) is 3.28. The maximum absolute atomic E-state index is 10.5. The second kappa shape index (κ2) is 6.37. The third-order valence-corrected chi connectivity index (χ3v) is 2.04. The van der Waals surface area contributed by atoms with Crippen molar-refractivity contribution in [3.8, 4) is 0 Å². The number of hydrogen-bond donors (Lipinski definition) is 2. The molecule has 0 aliphatic carbocycles. The molecule has 5 heteroatoms.